The Balaban J connectivity index is 4.03. The lowest BCUT2D eigenvalue weighted by Crippen LogP contribution is -2.38. The van der Waals surface area contributed by atoms with Gasteiger partial charge in [-0.2, -0.15) is 0 Å². The Kier molecular flexibility index (Phi) is 7.52. The van der Waals surface area contributed by atoms with Crippen LogP contribution in [0.15, 0.2) is 12.7 Å². The lowest BCUT2D eigenvalue weighted by Gasteiger charge is -2.31. The molecule has 0 aromatic rings. The van der Waals surface area contributed by atoms with Gasteiger partial charge in [0.05, 0.1) is 12.8 Å². The van der Waals surface area contributed by atoms with E-state index in [1.807, 2.05) is 20.8 Å². The zero-order valence-corrected chi connectivity index (χ0v) is 12.7. The van der Waals surface area contributed by atoms with Gasteiger partial charge in [-0.05, 0) is 17.4 Å². The lowest BCUT2D eigenvalue weighted by atomic mass is 9.80. The molecular formula is C12H24NO5P. The maximum Gasteiger partial charge on any atom is 0.327 e. The van der Waals surface area contributed by atoms with Gasteiger partial charge in [0.25, 0.3) is 0 Å². The Hall–Kier alpha value is -0.680. The van der Waals surface area contributed by atoms with Gasteiger partial charge in [-0.3, -0.25) is 9.36 Å². The molecule has 3 N–H and O–H groups in total. The van der Waals surface area contributed by atoms with Gasteiger partial charge in [-0.15, -0.1) is 0 Å². The van der Waals surface area contributed by atoms with Crippen molar-refractivity contribution < 1.29 is 23.9 Å². The number of rotatable bonds is 9. The summed E-state index contributed by atoms with van der Waals surface area (Å²) in [6.45, 7) is 10.2. The highest BCUT2D eigenvalue weighted by molar-refractivity contribution is 7.51. The van der Waals surface area contributed by atoms with Crippen LogP contribution < -0.4 is 5.32 Å². The summed E-state index contributed by atoms with van der Waals surface area (Å²) in [5.74, 6) is -0.0860. The van der Waals surface area contributed by atoms with Crippen LogP contribution in [-0.2, 0) is 14.1 Å². The van der Waals surface area contributed by atoms with Crippen molar-refractivity contribution in [3.8, 4) is 0 Å². The molecule has 0 heterocycles. The minimum Gasteiger partial charge on any atom is -0.380 e. The predicted octanol–water partition coefficient (Wildman–Crippen LogP) is 1.15. The quantitative estimate of drug-likeness (QED) is 0.336. The van der Waals surface area contributed by atoms with Crippen molar-refractivity contribution >= 4 is 13.5 Å². The van der Waals surface area contributed by atoms with Crippen LogP contribution in [-0.4, -0.2) is 41.6 Å². The van der Waals surface area contributed by atoms with E-state index in [-0.39, 0.29) is 30.0 Å². The molecule has 0 saturated carbocycles. The van der Waals surface area contributed by atoms with E-state index < -0.39 is 7.60 Å². The summed E-state index contributed by atoms with van der Waals surface area (Å²) in [6.07, 6.45) is 0.949. The zero-order chi connectivity index (χ0) is 15.1. The Morgan fingerprint density at radius 2 is 2.11 bits per heavy atom. The van der Waals surface area contributed by atoms with E-state index >= 15 is 0 Å². The molecule has 0 rings (SSSR count). The van der Waals surface area contributed by atoms with Gasteiger partial charge in [0.15, 0.2) is 0 Å². The van der Waals surface area contributed by atoms with E-state index in [1.165, 1.54) is 6.08 Å². The molecule has 1 atom stereocenters. The summed E-state index contributed by atoms with van der Waals surface area (Å²) in [6, 6.07) is 0. The zero-order valence-electron chi connectivity index (χ0n) is 11.8. The highest BCUT2D eigenvalue weighted by Gasteiger charge is 2.26. The van der Waals surface area contributed by atoms with E-state index in [1.54, 1.807) is 0 Å². The highest BCUT2D eigenvalue weighted by atomic mass is 31.2. The maximum absolute atomic E-state index is 11.1. The van der Waals surface area contributed by atoms with Gasteiger partial charge < -0.3 is 19.8 Å². The van der Waals surface area contributed by atoms with Crippen molar-refractivity contribution in [2.75, 3.05) is 25.9 Å². The van der Waals surface area contributed by atoms with E-state index in [0.717, 1.165) is 0 Å². The first-order valence-corrected chi connectivity index (χ1v) is 7.91. The molecule has 1 unspecified atom stereocenters. The average molecular weight is 293 g/mol. The molecule has 0 radical (unpaired) electrons. The Morgan fingerprint density at radius 3 is 2.58 bits per heavy atom. The van der Waals surface area contributed by atoms with Crippen molar-refractivity contribution in [3.05, 3.63) is 12.7 Å². The standard InChI is InChI=1S/C12H24NO5P/c1-5-11(14)13-9-12(3,4)10(2)8-18-6-7-19(15,16)17/h5,10H,1,6-9H2,2-4H3,(H,13,14)(H2,15,16,17). The summed E-state index contributed by atoms with van der Waals surface area (Å²) < 4.78 is 15.9. The van der Waals surface area contributed by atoms with Gasteiger partial charge >= 0.3 is 7.60 Å². The van der Waals surface area contributed by atoms with Gasteiger partial charge in [0.2, 0.25) is 5.91 Å². The summed E-state index contributed by atoms with van der Waals surface area (Å²) in [7, 11) is -3.99. The van der Waals surface area contributed by atoms with Crippen LogP contribution in [0.3, 0.4) is 0 Å². The molecule has 0 spiro atoms. The molecule has 0 bridgehead atoms. The number of hydrogen-bond acceptors (Lipinski definition) is 3. The summed E-state index contributed by atoms with van der Waals surface area (Å²) in [5.41, 5.74) is -0.180. The van der Waals surface area contributed by atoms with Crippen LogP contribution >= 0.6 is 7.60 Å². The lowest BCUT2D eigenvalue weighted by molar-refractivity contribution is -0.117. The molecule has 112 valence electrons. The van der Waals surface area contributed by atoms with E-state index in [9.17, 15) is 9.36 Å². The second-order valence-corrected chi connectivity index (χ2v) is 7.05. The fourth-order valence-electron chi connectivity index (χ4n) is 1.23. The SMILES string of the molecule is C=CC(=O)NCC(C)(C)C(C)COCCP(=O)(O)O. The minimum atomic E-state index is -3.99. The molecule has 0 aromatic carbocycles. The molecule has 0 saturated heterocycles. The Morgan fingerprint density at radius 1 is 1.53 bits per heavy atom. The summed E-state index contributed by atoms with van der Waals surface area (Å²) in [5, 5.41) is 2.73. The number of nitrogens with one attached hydrogen (secondary N) is 1. The number of amides is 1. The number of hydrogen-bond donors (Lipinski definition) is 3. The van der Waals surface area contributed by atoms with E-state index in [0.29, 0.717) is 13.2 Å². The molecular weight excluding hydrogens is 269 g/mol. The topological polar surface area (TPSA) is 95.9 Å². The Bertz CT molecular complexity index is 350. The van der Waals surface area contributed by atoms with Crippen LogP contribution in [0.5, 0.6) is 0 Å². The van der Waals surface area contributed by atoms with Crippen LogP contribution in [0.2, 0.25) is 0 Å². The van der Waals surface area contributed by atoms with Crippen molar-refractivity contribution in [3.63, 3.8) is 0 Å². The van der Waals surface area contributed by atoms with Gasteiger partial charge in [-0.1, -0.05) is 27.4 Å². The smallest absolute Gasteiger partial charge is 0.327 e. The molecule has 19 heavy (non-hydrogen) atoms. The third kappa shape index (κ3) is 8.94. The van der Waals surface area contributed by atoms with Gasteiger partial charge in [0, 0.05) is 13.2 Å². The van der Waals surface area contributed by atoms with Crippen LogP contribution in [0.25, 0.3) is 0 Å². The number of ether oxygens (including phenoxy) is 1. The fraction of sp³-hybridized carbons (Fsp3) is 0.750. The van der Waals surface area contributed by atoms with Crippen molar-refractivity contribution in [2.24, 2.45) is 11.3 Å². The fourth-order valence-corrected chi connectivity index (χ4v) is 1.60. The number of carbonyl (C=O) groups excluding carboxylic acids is 1. The number of carbonyl (C=O) groups is 1. The molecule has 0 aromatic heterocycles. The largest absolute Gasteiger partial charge is 0.380 e. The average Bonchev–Trinajstić information content (AvgIpc) is 2.30. The molecule has 0 fully saturated rings. The first-order chi connectivity index (χ1) is 8.58. The molecule has 6 nitrogen and oxygen atoms in total. The molecule has 1 amide bonds. The molecule has 0 aliphatic rings. The second kappa shape index (κ2) is 7.80. The second-order valence-electron chi connectivity index (χ2n) is 5.27. The summed E-state index contributed by atoms with van der Waals surface area (Å²) >= 11 is 0. The van der Waals surface area contributed by atoms with Crippen molar-refractivity contribution in [1.82, 2.24) is 5.32 Å². The van der Waals surface area contributed by atoms with Gasteiger partial charge in [-0.25, -0.2) is 0 Å². The third-order valence-electron chi connectivity index (χ3n) is 3.13. The minimum absolute atomic E-state index is 0.0315. The van der Waals surface area contributed by atoms with Crippen LogP contribution in [0.4, 0.5) is 0 Å². The van der Waals surface area contributed by atoms with Gasteiger partial charge in [0.1, 0.15) is 0 Å². The van der Waals surface area contributed by atoms with Crippen LogP contribution in [0.1, 0.15) is 20.8 Å². The molecule has 0 aliphatic carbocycles. The first kappa shape index (κ1) is 18.3. The Labute approximate surface area is 114 Å². The third-order valence-corrected chi connectivity index (χ3v) is 3.90. The molecule has 0 aliphatic heterocycles. The monoisotopic (exact) mass is 293 g/mol. The van der Waals surface area contributed by atoms with E-state index in [4.69, 9.17) is 14.5 Å². The summed E-state index contributed by atoms with van der Waals surface area (Å²) in [4.78, 5) is 28.5. The maximum atomic E-state index is 11.1. The van der Waals surface area contributed by atoms with Crippen molar-refractivity contribution in [2.45, 2.75) is 20.8 Å². The van der Waals surface area contributed by atoms with Crippen molar-refractivity contribution in [1.29, 1.82) is 0 Å². The van der Waals surface area contributed by atoms with Crippen LogP contribution in [0, 0.1) is 11.3 Å². The first-order valence-electron chi connectivity index (χ1n) is 6.11. The van der Waals surface area contributed by atoms with E-state index in [2.05, 4.69) is 11.9 Å². The molecule has 7 heteroatoms. The predicted molar refractivity (Wildman–Crippen MR) is 73.9 cm³/mol. The normalized spacial score (nSPS) is 13.9. The highest BCUT2D eigenvalue weighted by Crippen LogP contribution is 2.33.